The van der Waals surface area contributed by atoms with Crippen LogP contribution in [-0.2, 0) is 21.7 Å². The Morgan fingerprint density at radius 2 is 0.731 bits per heavy atom. The number of fused-ring (bicyclic) bond motifs is 6. The first kappa shape index (κ1) is 50.5. The van der Waals surface area contributed by atoms with Crippen molar-refractivity contribution in [1.82, 2.24) is 34.1 Å². The molecule has 1 aliphatic rings. The van der Waals surface area contributed by atoms with Crippen molar-refractivity contribution >= 4 is 49.2 Å². The van der Waals surface area contributed by atoms with Crippen LogP contribution in [0.1, 0.15) is 124 Å². The van der Waals surface area contributed by atoms with Crippen molar-refractivity contribution in [1.29, 1.82) is 0 Å². The lowest BCUT2D eigenvalue weighted by atomic mass is 9.85. The molecule has 11 aromatic rings. The monoisotopic (exact) mass is 1020 g/mol. The first-order valence-corrected chi connectivity index (χ1v) is 27.6. The predicted molar refractivity (Wildman–Crippen MR) is 327 cm³/mol. The van der Waals surface area contributed by atoms with Gasteiger partial charge in [0.25, 0.3) is 0 Å². The maximum Gasteiger partial charge on any atom is 0.166 e. The zero-order valence-electron chi connectivity index (χ0n) is 47.3. The van der Waals surface area contributed by atoms with Crippen LogP contribution < -0.4 is 0 Å². The summed E-state index contributed by atoms with van der Waals surface area (Å²) in [5.41, 5.74) is 17.7. The van der Waals surface area contributed by atoms with Crippen molar-refractivity contribution in [2.75, 3.05) is 0 Å². The van der Waals surface area contributed by atoms with E-state index in [1.54, 1.807) is 0 Å². The van der Waals surface area contributed by atoms with Gasteiger partial charge in [-0.2, -0.15) is 0 Å². The maximum absolute atomic E-state index is 5.75. The molecule has 0 aliphatic heterocycles. The van der Waals surface area contributed by atoms with Gasteiger partial charge in [0.15, 0.2) is 17.5 Å². The van der Waals surface area contributed by atoms with Crippen LogP contribution in [-0.4, -0.2) is 34.1 Å². The Kier molecular flexibility index (Phi) is 12.1. The Bertz CT molecular complexity index is 3820. The van der Waals surface area contributed by atoms with Gasteiger partial charge in [-0.25, -0.2) is 15.0 Å². The average Bonchev–Trinajstić information content (AvgIpc) is 4.00. The second-order valence-corrected chi connectivity index (χ2v) is 25.4. The second kappa shape index (κ2) is 18.7. The summed E-state index contributed by atoms with van der Waals surface area (Å²) < 4.78 is 4.88. The first-order valence-electron chi connectivity index (χ1n) is 27.6. The molecule has 0 bridgehead atoms. The number of allylic oxidation sites excluding steroid dienone is 4. The van der Waals surface area contributed by atoms with Gasteiger partial charge in [0.2, 0.25) is 0 Å². The fourth-order valence-electron chi connectivity index (χ4n) is 11.3. The summed E-state index contributed by atoms with van der Waals surface area (Å²) in [4.78, 5) is 27.0. The van der Waals surface area contributed by atoms with Crippen LogP contribution in [0.25, 0.3) is 106 Å². The number of aromatic nitrogens is 7. The van der Waals surface area contributed by atoms with Crippen molar-refractivity contribution in [2.45, 2.75) is 118 Å². The van der Waals surface area contributed by atoms with Crippen molar-refractivity contribution in [3.05, 3.63) is 204 Å². The molecule has 0 amide bonds. The van der Waals surface area contributed by atoms with Crippen LogP contribution in [0.15, 0.2) is 176 Å². The van der Waals surface area contributed by atoms with Gasteiger partial charge in [0.1, 0.15) is 0 Å². The molecule has 0 atom stereocenters. The molecule has 6 aromatic carbocycles. The standard InChI is InChI=1S/C71H69N7/c1-68(2,3)45-30-34-59-53(40-45)54-41-46(69(4,5)6)31-35-60(54)77(59)63-49(57-28-16-18-38-72-57)24-20-26-51(63)66-74-65(44-22-14-13-15-23-44)75-67(76-66)52-27-21-25-50(58-29-17-19-39-73-58)64(52)78-61-36-32-47(70(7,8)9)42-55(61)56-43-48(71(10,11)12)33-37-62(56)78/h13-14,16-22,24-43H,15,23H2,1-12H3. The van der Waals surface area contributed by atoms with Crippen LogP contribution in [0.3, 0.4) is 0 Å². The molecule has 0 unspecified atom stereocenters. The molecule has 1 aliphatic carbocycles. The quantitative estimate of drug-likeness (QED) is 0.159. The van der Waals surface area contributed by atoms with Crippen molar-refractivity contribution in [2.24, 2.45) is 0 Å². The van der Waals surface area contributed by atoms with E-state index >= 15 is 0 Å². The minimum absolute atomic E-state index is 0.0569. The summed E-state index contributed by atoms with van der Waals surface area (Å²) in [5, 5.41) is 4.81. The lowest BCUT2D eigenvalue weighted by Gasteiger charge is -2.22. The minimum Gasteiger partial charge on any atom is -0.308 e. The largest absolute Gasteiger partial charge is 0.308 e. The molecule has 0 saturated heterocycles. The lowest BCUT2D eigenvalue weighted by molar-refractivity contribution is 0.590. The Morgan fingerprint density at radius 1 is 0.372 bits per heavy atom. The molecule has 5 aromatic heterocycles. The summed E-state index contributed by atoms with van der Waals surface area (Å²) in [7, 11) is 0. The zero-order chi connectivity index (χ0) is 54.5. The normalized spacial score (nSPS) is 13.6. The van der Waals surface area contributed by atoms with E-state index in [0.717, 1.165) is 85.5 Å². The SMILES string of the molecule is CC(C)(C)c1ccc2c(c1)c1cc(C(C)(C)C)ccc1n2-c1c(-c2ccccn2)cccc1-c1nc(C2=CC=CCC2)nc(-c2cccc(-c3ccccn3)c2-n2c3ccc(C(C)(C)C)cc3c3cc(C(C)(C)C)ccc32)n1. The number of hydrogen-bond acceptors (Lipinski definition) is 5. The van der Waals surface area contributed by atoms with Crippen LogP contribution in [0, 0.1) is 0 Å². The smallest absolute Gasteiger partial charge is 0.166 e. The second-order valence-electron chi connectivity index (χ2n) is 25.4. The van der Waals surface area contributed by atoms with Crippen LogP contribution in [0.2, 0.25) is 0 Å². The van der Waals surface area contributed by atoms with E-state index in [1.807, 2.05) is 24.5 Å². The first-order chi connectivity index (χ1) is 37.2. The fraction of sp³-hybridized carbons (Fsp3) is 0.254. The number of benzene rings is 6. The highest BCUT2D eigenvalue weighted by molar-refractivity contribution is 6.12. The Balaban J connectivity index is 1.20. The van der Waals surface area contributed by atoms with E-state index in [-0.39, 0.29) is 21.7 Å². The highest BCUT2D eigenvalue weighted by Gasteiger charge is 2.29. The zero-order valence-corrected chi connectivity index (χ0v) is 47.3. The number of pyridine rings is 2. The lowest BCUT2D eigenvalue weighted by Crippen LogP contribution is -2.11. The van der Waals surface area contributed by atoms with Gasteiger partial charge in [0.05, 0.1) is 44.8 Å². The van der Waals surface area contributed by atoms with Crippen molar-refractivity contribution in [3.63, 3.8) is 0 Å². The van der Waals surface area contributed by atoms with Gasteiger partial charge in [-0.15, -0.1) is 0 Å². The van der Waals surface area contributed by atoms with E-state index in [9.17, 15) is 0 Å². The Labute approximate surface area is 459 Å². The minimum atomic E-state index is -0.0569. The molecule has 7 heteroatoms. The Hall–Kier alpha value is -8.29. The fourth-order valence-corrected chi connectivity index (χ4v) is 11.3. The van der Waals surface area contributed by atoms with E-state index in [2.05, 4.69) is 244 Å². The third-order valence-electron chi connectivity index (χ3n) is 15.8. The highest BCUT2D eigenvalue weighted by Crippen LogP contribution is 2.46. The van der Waals surface area contributed by atoms with Gasteiger partial charge in [-0.05, 0) is 147 Å². The summed E-state index contributed by atoms with van der Waals surface area (Å²) in [6.45, 7) is 27.5. The molecule has 12 rings (SSSR count). The van der Waals surface area contributed by atoms with Crippen LogP contribution in [0.5, 0.6) is 0 Å². The molecule has 388 valence electrons. The molecular formula is C71H69N7. The number of hydrogen-bond donors (Lipinski definition) is 0. The molecular weight excluding hydrogens is 951 g/mol. The van der Waals surface area contributed by atoms with E-state index in [1.165, 1.54) is 43.8 Å². The van der Waals surface area contributed by atoms with Gasteiger partial charge < -0.3 is 9.13 Å². The number of nitrogens with zero attached hydrogens (tertiary/aromatic N) is 7. The van der Waals surface area contributed by atoms with E-state index in [0.29, 0.717) is 17.5 Å². The van der Waals surface area contributed by atoms with Crippen molar-refractivity contribution in [3.8, 4) is 56.7 Å². The number of rotatable bonds is 7. The van der Waals surface area contributed by atoms with Gasteiger partial charge >= 0.3 is 0 Å². The summed E-state index contributed by atoms with van der Waals surface area (Å²) in [6, 6.07) is 53.4. The maximum atomic E-state index is 5.75. The van der Waals surface area contributed by atoms with E-state index in [4.69, 9.17) is 24.9 Å². The molecule has 0 spiro atoms. The van der Waals surface area contributed by atoms with Crippen LogP contribution >= 0.6 is 0 Å². The summed E-state index contributed by atoms with van der Waals surface area (Å²) >= 11 is 0. The van der Waals surface area contributed by atoms with Gasteiger partial charge in [-0.3, -0.25) is 9.97 Å². The highest BCUT2D eigenvalue weighted by atomic mass is 15.1. The van der Waals surface area contributed by atoms with Gasteiger partial charge in [0, 0.05) is 56.2 Å². The number of para-hydroxylation sites is 2. The van der Waals surface area contributed by atoms with Crippen LogP contribution in [0.4, 0.5) is 0 Å². The average molecular weight is 1020 g/mol. The predicted octanol–water partition coefficient (Wildman–Crippen LogP) is 18.4. The van der Waals surface area contributed by atoms with Gasteiger partial charge in [-0.1, -0.05) is 162 Å². The molecule has 0 radical (unpaired) electrons. The summed E-state index contributed by atoms with van der Waals surface area (Å²) in [6.07, 6.45) is 12.0. The third-order valence-corrected chi connectivity index (χ3v) is 15.8. The third kappa shape index (κ3) is 8.93. The molecule has 78 heavy (non-hydrogen) atoms. The molecule has 7 nitrogen and oxygen atoms in total. The van der Waals surface area contributed by atoms with E-state index < -0.39 is 0 Å². The summed E-state index contributed by atoms with van der Waals surface area (Å²) in [5.74, 6) is 1.81. The molecule has 0 N–H and O–H groups in total. The topological polar surface area (TPSA) is 74.3 Å². The Morgan fingerprint density at radius 3 is 1.05 bits per heavy atom. The molecule has 0 saturated carbocycles. The molecule has 5 heterocycles. The van der Waals surface area contributed by atoms with Crippen molar-refractivity contribution < 1.29 is 0 Å². The molecule has 0 fully saturated rings.